The zero-order chi connectivity index (χ0) is 18.9. The molecule has 1 aromatic carbocycles. The molecule has 0 fully saturated rings. The van der Waals surface area contributed by atoms with Gasteiger partial charge in [-0.3, -0.25) is 9.59 Å². The molecule has 0 saturated heterocycles. The summed E-state index contributed by atoms with van der Waals surface area (Å²) in [6.45, 7) is 4.76. The molecule has 0 N–H and O–H groups in total. The van der Waals surface area contributed by atoms with E-state index in [1.165, 1.54) is 63.4 Å². The van der Waals surface area contributed by atoms with Crippen molar-refractivity contribution >= 4 is 12.6 Å². The van der Waals surface area contributed by atoms with Crippen LogP contribution in [0.15, 0.2) is 30.3 Å². The van der Waals surface area contributed by atoms with Crippen molar-refractivity contribution in [1.82, 2.24) is 0 Å². The molecule has 0 amide bonds. The molecule has 0 aliphatic rings. The van der Waals surface area contributed by atoms with E-state index in [0.29, 0.717) is 17.6 Å². The van der Waals surface area contributed by atoms with Gasteiger partial charge in [0, 0.05) is 5.56 Å². The second kappa shape index (κ2) is 16.9. The lowest BCUT2D eigenvalue weighted by atomic mass is 10.1. The number of aldehydes is 2. The zero-order valence-electron chi connectivity index (χ0n) is 17.1. The molecule has 0 spiro atoms. The summed E-state index contributed by atoms with van der Waals surface area (Å²) < 4.78 is 0.564. The molecule has 4 heteroatoms. The maximum absolute atomic E-state index is 11.2. The van der Waals surface area contributed by atoms with Crippen LogP contribution in [0.2, 0.25) is 0 Å². The molecule has 0 heterocycles. The highest BCUT2D eigenvalue weighted by molar-refractivity contribution is 5.53. The lowest BCUT2D eigenvalue weighted by Gasteiger charge is -2.35. The summed E-state index contributed by atoms with van der Waals surface area (Å²) in [5, 5.41) is 0. The fraction of sp³-hybridized carbons (Fsp3) is 0.652. The molecule has 0 saturated carbocycles. The van der Waals surface area contributed by atoms with Crippen molar-refractivity contribution < 1.29 is 26.5 Å². The summed E-state index contributed by atoms with van der Waals surface area (Å²) in [4.78, 5) is 22.5. The molecule has 0 aliphatic carbocycles. The van der Waals surface area contributed by atoms with Gasteiger partial charge in [-0.15, -0.1) is 0 Å². The Hall–Kier alpha value is -1.19. The Bertz CT molecular complexity index is 469. The van der Waals surface area contributed by atoms with Crippen LogP contribution in [-0.4, -0.2) is 36.7 Å². The van der Waals surface area contributed by atoms with Crippen LogP contribution in [0.4, 0.5) is 0 Å². The quantitative estimate of drug-likeness (QED) is 0.230. The van der Waals surface area contributed by atoms with Gasteiger partial charge in [0.1, 0.15) is 19.6 Å². The van der Waals surface area contributed by atoms with Crippen LogP contribution in [0.3, 0.4) is 0 Å². The highest BCUT2D eigenvalue weighted by atomic mass is 35.5. The molecule has 0 bridgehead atoms. The average Bonchev–Trinajstić information content (AvgIpc) is 2.64. The standard InChI is InChI=1S/C23H38NO2.ClH/c1-2-3-4-5-6-7-8-9-10-14-17-24(18-20-25,19-21-26)22-23-15-12-11-13-16-23;/h11-13,15-16,20-21H,2-10,14,17-19,22H2,1H3;1H/q+1;/p-1. The molecule has 0 aliphatic heterocycles. The summed E-state index contributed by atoms with van der Waals surface area (Å²) in [6, 6.07) is 10.2. The summed E-state index contributed by atoms with van der Waals surface area (Å²) in [7, 11) is 0. The van der Waals surface area contributed by atoms with E-state index in [2.05, 4.69) is 19.1 Å². The number of benzene rings is 1. The summed E-state index contributed by atoms with van der Waals surface area (Å²) >= 11 is 0. The summed E-state index contributed by atoms with van der Waals surface area (Å²) in [5.74, 6) is 0. The van der Waals surface area contributed by atoms with Crippen LogP contribution in [0, 0.1) is 0 Å². The minimum absolute atomic E-state index is 0. The van der Waals surface area contributed by atoms with Gasteiger partial charge >= 0.3 is 0 Å². The molecule has 27 heavy (non-hydrogen) atoms. The van der Waals surface area contributed by atoms with Crippen molar-refractivity contribution in [2.75, 3.05) is 19.6 Å². The molecule has 0 atom stereocenters. The second-order valence-corrected chi connectivity index (χ2v) is 7.59. The van der Waals surface area contributed by atoms with Gasteiger partial charge in [0.25, 0.3) is 0 Å². The highest BCUT2D eigenvalue weighted by Crippen LogP contribution is 2.17. The van der Waals surface area contributed by atoms with Gasteiger partial charge in [-0.1, -0.05) is 88.6 Å². The molecular formula is C23H38ClNO2. The third-order valence-electron chi connectivity index (χ3n) is 5.27. The first-order valence-electron chi connectivity index (χ1n) is 10.5. The van der Waals surface area contributed by atoms with E-state index in [0.717, 1.165) is 32.1 Å². The van der Waals surface area contributed by atoms with Crippen LogP contribution in [0.1, 0.15) is 76.7 Å². The Balaban J connectivity index is 0.00000676. The van der Waals surface area contributed by atoms with Crippen LogP contribution in [-0.2, 0) is 16.1 Å². The lowest BCUT2D eigenvalue weighted by Crippen LogP contribution is -3.00. The molecule has 0 radical (unpaired) electrons. The topological polar surface area (TPSA) is 34.1 Å². The first kappa shape index (κ1) is 25.8. The number of rotatable bonds is 17. The Morgan fingerprint density at radius 2 is 1.22 bits per heavy atom. The van der Waals surface area contributed by atoms with Gasteiger partial charge in [0.15, 0.2) is 12.6 Å². The van der Waals surface area contributed by atoms with Crippen LogP contribution < -0.4 is 12.4 Å². The number of nitrogens with zero attached hydrogens (tertiary/aromatic N) is 1. The number of carbonyl (C=O) groups excluding carboxylic acids is 2. The predicted molar refractivity (Wildman–Crippen MR) is 109 cm³/mol. The van der Waals surface area contributed by atoms with Crippen LogP contribution in [0.5, 0.6) is 0 Å². The van der Waals surface area contributed by atoms with Gasteiger partial charge in [0.2, 0.25) is 0 Å². The van der Waals surface area contributed by atoms with Crippen molar-refractivity contribution in [2.24, 2.45) is 0 Å². The Morgan fingerprint density at radius 1 is 0.741 bits per heavy atom. The fourth-order valence-corrected chi connectivity index (χ4v) is 3.69. The number of unbranched alkanes of at least 4 members (excludes halogenated alkanes) is 9. The number of halogens is 1. The van der Waals surface area contributed by atoms with Crippen LogP contribution >= 0.6 is 0 Å². The normalized spacial score (nSPS) is 11.0. The smallest absolute Gasteiger partial charge is 0.174 e. The first-order valence-corrected chi connectivity index (χ1v) is 10.5. The van der Waals surface area contributed by atoms with Crippen molar-refractivity contribution in [1.29, 1.82) is 0 Å². The number of hydrogen-bond acceptors (Lipinski definition) is 2. The molecular weight excluding hydrogens is 358 g/mol. The SMILES string of the molecule is CCCCCCCCCCCC[N+](CC=O)(CC=O)Cc1ccccc1.[Cl-]. The largest absolute Gasteiger partial charge is 1.00 e. The van der Waals surface area contributed by atoms with E-state index >= 15 is 0 Å². The third-order valence-corrected chi connectivity index (χ3v) is 5.27. The average molecular weight is 396 g/mol. The van der Waals surface area contributed by atoms with Crippen molar-refractivity contribution in [2.45, 2.75) is 77.7 Å². The van der Waals surface area contributed by atoms with Crippen LogP contribution in [0.25, 0.3) is 0 Å². The lowest BCUT2D eigenvalue weighted by molar-refractivity contribution is -0.925. The van der Waals surface area contributed by atoms with E-state index in [9.17, 15) is 9.59 Å². The van der Waals surface area contributed by atoms with Crippen molar-refractivity contribution in [3.63, 3.8) is 0 Å². The Kier molecular flexibility index (Phi) is 16.2. The third kappa shape index (κ3) is 12.0. The number of carbonyl (C=O) groups is 2. The van der Waals surface area contributed by atoms with E-state index < -0.39 is 0 Å². The predicted octanol–water partition coefficient (Wildman–Crippen LogP) is 2.33. The number of hydrogen-bond donors (Lipinski definition) is 0. The number of quaternary nitrogens is 1. The van der Waals surface area contributed by atoms with Crippen molar-refractivity contribution in [3.05, 3.63) is 35.9 Å². The first-order chi connectivity index (χ1) is 12.8. The zero-order valence-corrected chi connectivity index (χ0v) is 17.8. The van der Waals surface area contributed by atoms with Gasteiger partial charge in [-0.25, -0.2) is 0 Å². The van der Waals surface area contributed by atoms with E-state index in [4.69, 9.17) is 0 Å². The Morgan fingerprint density at radius 3 is 1.70 bits per heavy atom. The molecule has 3 nitrogen and oxygen atoms in total. The molecule has 154 valence electrons. The highest BCUT2D eigenvalue weighted by Gasteiger charge is 2.26. The van der Waals surface area contributed by atoms with Gasteiger partial charge < -0.3 is 16.9 Å². The van der Waals surface area contributed by atoms with E-state index in [1.54, 1.807) is 0 Å². The van der Waals surface area contributed by atoms with E-state index in [-0.39, 0.29) is 12.4 Å². The monoisotopic (exact) mass is 395 g/mol. The second-order valence-electron chi connectivity index (χ2n) is 7.59. The molecule has 1 aromatic rings. The van der Waals surface area contributed by atoms with Gasteiger partial charge in [-0.05, 0) is 12.8 Å². The Labute approximate surface area is 172 Å². The fourth-order valence-electron chi connectivity index (χ4n) is 3.69. The minimum Gasteiger partial charge on any atom is -1.00 e. The molecule has 1 rings (SSSR count). The maximum Gasteiger partial charge on any atom is 0.174 e. The molecule has 0 aromatic heterocycles. The van der Waals surface area contributed by atoms with Gasteiger partial charge in [-0.2, -0.15) is 0 Å². The summed E-state index contributed by atoms with van der Waals surface area (Å²) in [5.41, 5.74) is 1.20. The minimum atomic E-state index is 0. The van der Waals surface area contributed by atoms with E-state index in [1.807, 2.05) is 18.2 Å². The van der Waals surface area contributed by atoms with Crippen molar-refractivity contribution in [3.8, 4) is 0 Å². The summed E-state index contributed by atoms with van der Waals surface area (Å²) in [6.07, 6.45) is 15.0. The van der Waals surface area contributed by atoms with Gasteiger partial charge in [0.05, 0.1) is 6.54 Å². The maximum atomic E-state index is 11.2. The molecule has 0 unspecified atom stereocenters.